The van der Waals surface area contributed by atoms with Gasteiger partial charge in [-0.2, -0.15) is 0 Å². The Kier molecular flexibility index (Phi) is 7.91. The first-order valence-electron chi connectivity index (χ1n) is 5.76. The molecule has 0 spiro atoms. The number of nitrogens with two attached hydrogens (primary N) is 1. The lowest BCUT2D eigenvalue weighted by Crippen LogP contribution is -2.40. The van der Waals surface area contributed by atoms with Gasteiger partial charge in [-0.15, -0.1) is 0 Å². The van der Waals surface area contributed by atoms with Crippen LogP contribution in [0.3, 0.4) is 0 Å². The third kappa shape index (κ3) is 4.78. The van der Waals surface area contributed by atoms with Crippen LogP contribution in [0.5, 0.6) is 0 Å². The van der Waals surface area contributed by atoms with E-state index >= 15 is 0 Å². The molecule has 0 fully saturated rings. The van der Waals surface area contributed by atoms with Gasteiger partial charge in [-0.1, -0.05) is 6.92 Å². The molecular formula is C10H24N2O3S. The van der Waals surface area contributed by atoms with Gasteiger partial charge >= 0.3 is 0 Å². The van der Waals surface area contributed by atoms with E-state index in [1.165, 1.54) is 4.31 Å². The van der Waals surface area contributed by atoms with E-state index in [0.29, 0.717) is 13.0 Å². The molecule has 0 bridgehead atoms. The van der Waals surface area contributed by atoms with Crippen LogP contribution >= 0.6 is 0 Å². The van der Waals surface area contributed by atoms with E-state index in [0.717, 1.165) is 19.3 Å². The van der Waals surface area contributed by atoms with Gasteiger partial charge in [-0.3, -0.25) is 0 Å². The minimum atomic E-state index is -3.24. The molecule has 0 aliphatic rings. The molecule has 1 atom stereocenters. The van der Waals surface area contributed by atoms with Crippen LogP contribution in [0.15, 0.2) is 0 Å². The Bertz CT molecular complexity index is 263. The van der Waals surface area contributed by atoms with Gasteiger partial charge in [0.05, 0.1) is 5.25 Å². The maximum atomic E-state index is 12.0. The summed E-state index contributed by atoms with van der Waals surface area (Å²) in [5, 5.41) is 8.13. The zero-order valence-electron chi connectivity index (χ0n) is 10.2. The third-order valence-electron chi connectivity index (χ3n) is 2.71. The van der Waals surface area contributed by atoms with Crippen molar-refractivity contribution in [3.8, 4) is 0 Å². The molecule has 0 amide bonds. The quantitative estimate of drug-likeness (QED) is 0.572. The Balaban J connectivity index is 4.19. The Hall–Kier alpha value is -0.170. The standard InChI is InChI=1S/C10H24N2O3S/c1-3-10(9-11)16(14,15)12(2)7-5-4-6-8-13/h10,13H,3-9,11H2,1-2H3. The summed E-state index contributed by atoms with van der Waals surface area (Å²) < 4.78 is 25.3. The lowest BCUT2D eigenvalue weighted by Gasteiger charge is -2.22. The Morgan fingerprint density at radius 2 is 1.94 bits per heavy atom. The van der Waals surface area contributed by atoms with Crippen LogP contribution in [-0.2, 0) is 10.0 Å². The van der Waals surface area contributed by atoms with Crippen LogP contribution in [0.1, 0.15) is 32.6 Å². The molecule has 0 aromatic rings. The van der Waals surface area contributed by atoms with E-state index in [1.54, 1.807) is 7.05 Å². The van der Waals surface area contributed by atoms with Crippen LogP contribution in [0.25, 0.3) is 0 Å². The van der Waals surface area contributed by atoms with Crippen molar-refractivity contribution >= 4 is 10.0 Å². The number of rotatable bonds is 9. The lowest BCUT2D eigenvalue weighted by molar-refractivity contribution is 0.281. The highest BCUT2D eigenvalue weighted by Crippen LogP contribution is 2.11. The topological polar surface area (TPSA) is 83.6 Å². The normalized spacial score (nSPS) is 14.3. The number of hydrogen-bond donors (Lipinski definition) is 2. The second-order valence-corrected chi connectivity index (χ2v) is 6.24. The van der Waals surface area contributed by atoms with E-state index in [9.17, 15) is 8.42 Å². The first-order chi connectivity index (χ1) is 7.50. The van der Waals surface area contributed by atoms with Crippen molar-refractivity contribution in [2.75, 3.05) is 26.7 Å². The Morgan fingerprint density at radius 1 is 1.31 bits per heavy atom. The van der Waals surface area contributed by atoms with Gasteiger partial charge in [0.2, 0.25) is 10.0 Å². The Labute approximate surface area is 98.7 Å². The van der Waals surface area contributed by atoms with E-state index in [2.05, 4.69) is 0 Å². The number of aliphatic hydroxyl groups is 1. The van der Waals surface area contributed by atoms with Gasteiger partial charge in [0.1, 0.15) is 0 Å². The first kappa shape index (κ1) is 15.8. The minimum Gasteiger partial charge on any atom is -0.396 e. The van der Waals surface area contributed by atoms with Crippen LogP contribution in [-0.4, -0.2) is 49.8 Å². The van der Waals surface area contributed by atoms with Gasteiger partial charge in [0.25, 0.3) is 0 Å². The van der Waals surface area contributed by atoms with Crippen molar-refractivity contribution < 1.29 is 13.5 Å². The molecule has 98 valence electrons. The largest absolute Gasteiger partial charge is 0.396 e. The molecule has 0 aromatic carbocycles. The summed E-state index contributed by atoms with van der Waals surface area (Å²) in [5.74, 6) is 0. The first-order valence-corrected chi connectivity index (χ1v) is 7.27. The second-order valence-electron chi connectivity index (χ2n) is 3.92. The summed E-state index contributed by atoms with van der Waals surface area (Å²) in [6, 6.07) is 0. The number of hydrogen-bond acceptors (Lipinski definition) is 4. The van der Waals surface area contributed by atoms with E-state index < -0.39 is 15.3 Å². The molecule has 6 heteroatoms. The zero-order chi connectivity index (χ0) is 12.6. The predicted molar refractivity (Wildman–Crippen MR) is 65.6 cm³/mol. The van der Waals surface area contributed by atoms with Crippen LogP contribution in [0, 0.1) is 0 Å². The highest BCUT2D eigenvalue weighted by Gasteiger charge is 2.26. The molecule has 0 saturated carbocycles. The number of nitrogens with zero attached hydrogens (tertiary/aromatic N) is 1. The summed E-state index contributed by atoms with van der Waals surface area (Å²) >= 11 is 0. The smallest absolute Gasteiger partial charge is 0.217 e. The highest BCUT2D eigenvalue weighted by molar-refractivity contribution is 7.89. The minimum absolute atomic E-state index is 0.164. The number of unbranched alkanes of at least 4 members (excludes halogenated alkanes) is 2. The fraction of sp³-hybridized carbons (Fsp3) is 1.00. The molecule has 1 unspecified atom stereocenters. The van der Waals surface area contributed by atoms with Crippen molar-refractivity contribution in [2.24, 2.45) is 5.73 Å². The van der Waals surface area contributed by atoms with Gasteiger partial charge in [-0.25, -0.2) is 12.7 Å². The molecular weight excluding hydrogens is 228 g/mol. The van der Waals surface area contributed by atoms with Crippen molar-refractivity contribution in [3.63, 3.8) is 0 Å². The molecule has 0 aliphatic heterocycles. The lowest BCUT2D eigenvalue weighted by atomic mass is 10.2. The van der Waals surface area contributed by atoms with Crippen molar-refractivity contribution in [2.45, 2.75) is 37.9 Å². The fourth-order valence-electron chi connectivity index (χ4n) is 1.50. The summed E-state index contributed by atoms with van der Waals surface area (Å²) in [5.41, 5.74) is 5.44. The molecule has 0 aliphatic carbocycles. The van der Waals surface area contributed by atoms with Gasteiger partial charge in [0.15, 0.2) is 0 Å². The fourth-order valence-corrected chi connectivity index (χ4v) is 3.06. The van der Waals surface area contributed by atoms with Crippen LogP contribution in [0.4, 0.5) is 0 Å². The van der Waals surface area contributed by atoms with Gasteiger partial charge in [-0.05, 0) is 25.7 Å². The average molecular weight is 252 g/mol. The number of sulfonamides is 1. The van der Waals surface area contributed by atoms with Crippen LogP contribution in [0.2, 0.25) is 0 Å². The van der Waals surface area contributed by atoms with Crippen LogP contribution < -0.4 is 5.73 Å². The average Bonchev–Trinajstić information content (AvgIpc) is 2.25. The van der Waals surface area contributed by atoms with E-state index in [1.807, 2.05) is 6.92 Å². The van der Waals surface area contributed by atoms with Crippen molar-refractivity contribution in [3.05, 3.63) is 0 Å². The molecule has 0 heterocycles. The second kappa shape index (κ2) is 8.00. The summed E-state index contributed by atoms with van der Waals surface area (Å²) in [6.07, 6.45) is 2.88. The van der Waals surface area contributed by atoms with Crippen molar-refractivity contribution in [1.29, 1.82) is 0 Å². The third-order valence-corrected chi connectivity index (χ3v) is 5.12. The number of aliphatic hydroxyl groups excluding tert-OH is 1. The summed E-state index contributed by atoms with van der Waals surface area (Å²) in [4.78, 5) is 0. The molecule has 0 saturated heterocycles. The predicted octanol–water partition coefficient (Wildman–Crippen LogP) is 0.148. The molecule has 0 rings (SSSR count). The maximum absolute atomic E-state index is 12.0. The monoisotopic (exact) mass is 252 g/mol. The maximum Gasteiger partial charge on any atom is 0.217 e. The summed E-state index contributed by atoms with van der Waals surface area (Å²) in [6.45, 7) is 2.66. The molecule has 3 N–H and O–H groups in total. The van der Waals surface area contributed by atoms with E-state index in [4.69, 9.17) is 10.8 Å². The van der Waals surface area contributed by atoms with Crippen molar-refractivity contribution in [1.82, 2.24) is 4.31 Å². The molecule has 16 heavy (non-hydrogen) atoms. The van der Waals surface area contributed by atoms with E-state index in [-0.39, 0.29) is 13.2 Å². The molecule has 0 radical (unpaired) electrons. The van der Waals surface area contributed by atoms with Gasteiger partial charge < -0.3 is 10.8 Å². The highest BCUT2D eigenvalue weighted by atomic mass is 32.2. The summed E-state index contributed by atoms with van der Waals surface area (Å²) in [7, 11) is -1.65. The molecule has 0 aromatic heterocycles. The Morgan fingerprint density at radius 3 is 2.38 bits per heavy atom. The molecule has 5 nitrogen and oxygen atoms in total. The van der Waals surface area contributed by atoms with Gasteiger partial charge in [0, 0.05) is 26.7 Å². The zero-order valence-corrected chi connectivity index (χ0v) is 11.0. The SMILES string of the molecule is CCC(CN)S(=O)(=O)N(C)CCCCCO.